The molecule has 2 aromatic rings. The topological polar surface area (TPSA) is 108 Å². The summed E-state index contributed by atoms with van der Waals surface area (Å²) >= 11 is 0. The molecule has 4 N–H and O–H groups in total. The van der Waals surface area contributed by atoms with Gasteiger partial charge in [0.2, 0.25) is 11.8 Å². The molecule has 1 atom stereocenters. The van der Waals surface area contributed by atoms with Crippen LogP contribution in [0.4, 0.5) is 5.69 Å². The lowest BCUT2D eigenvalue weighted by atomic mass is 10.1. The minimum absolute atomic E-state index is 0.0543. The molecular weight excluding hydrogens is 346 g/mol. The van der Waals surface area contributed by atoms with Crippen LogP contribution in [0.1, 0.15) is 18.1 Å². The van der Waals surface area contributed by atoms with E-state index in [0.29, 0.717) is 12.2 Å². The summed E-state index contributed by atoms with van der Waals surface area (Å²) in [6.07, 6.45) is 4.01. The third-order valence-corrected chi connectivity index (χ3v) is 4.10. The number of amides is 2. The Morgan fingerprint density at radius 2 is 2.00 bits per heavy atom. The van der Waals surface area contributed by atoms with E-state index in [1.54, 1.807) is 19.3 Å². The molecule has 1 aromatic carbocycles. The van der Waals surface area contributed by atoms with Crippen LogP contribution in [0.5, 0.6) is 0 Å². The van der Waals surface area contributed by atoms with E-state index in [-0.39, 0.29) is 31.5 Å². The van der Waals surface area contributed by atoms with Crippen molar-refractivity contribution >= 4 is 17.5 Å². The maximum atomic E-state index is 12.2. The lowest BCUT2D eigenvalue weighted by Gasteiger charge is -2.14. The number of aromatic nitrogens is 2. The lowest BCUT2D eigenvalue weighted by Crippen LogP contribution is -2.38. The number of anilines is 1. The van der Waals surface area contributed by atoms with E-state index >= 15 is 0 Å². The van der Waals surface area contributed by atoms with Crippen molar-refractivity contribution in [3.8, 4) is 0 Å². The van der Waals surface area contributed by atoms with Gasteiger partial charge in [-0.25, -0.2) is 0 Å². The lowest BCUT2D eigenvalue weighted by molar-refractivity contribution is -0.122. The number of hydrogen-bond acceptors (Lipinski definition) is 5. The quantitative estimate of drug-likeness (QED) is 0.484. The molecular formula is C19H27N5O3. The highest BCUT2D eigenvalue weighted by Crippen LogP contribution is 2.08. The van der Waals surface area contributed by atoms with Crippen molar-refractivity contribution in [2.24, 2.45) is 0 Å². The van der Waals surface area contributed by atoms with E-state index in [9.17, 15) is 9.59 Å². The molecule has 146 valence electrons. The van der Waals surface area contributed by atoms with Gasteiger partial charge in [0.25, 0.3) is 0 Å². The minimum atomic E-state index is -0.428. The summed E-state index contributed by atoms with van der Waals surface area (Å²) in [6, 6.07) is 7.69. The molecule has 0 aliphatic carbocycles. The number of benzene rings is 1. The van der Waals surface area contributed by atoms with Gasteiger partial charge >= 0.3 is 0 Å². The van der Waals surface area contributed by atoms with Crippen LogP contribution in [0.15, 0.2) is 36.7 Å². The first-order valence-corrected chi connectivity index (χ1v) is 8.98. The fourth-order valence-corrected chi connectivity index (χ4v) is 2.60. The first kappa shape index (κ1) is 20.4. The number of nitrogens with zero attached hydrogens (tertiary/aromatic N) is 2. The Labute approximate surface area is 159 Å². The molecule has 0 spiro atoms. The number of carbonyl (C=O) groups is 2. The second kappa shape index (κ2) is 10.3. The van der Waals surface area contributed by atoms with Gasteiger partial charge in [-0.1, -0.05) is 24.3 Å². The third kappa shape index (κ3) is 6.74. The van der Waals surface area contributed by atoms with Crippen LogP contribution in [-0.2, 0) is 22.6 Å². The van der Waals surface area contributed by atoms with Crippen LogP contribution in [0, 0.1) is 6.92 Å². The second-order valence-corrected chi connectivity index (χ2v) is 6.33. The summed E-state index contributed by atoms with van der Waals surface area (Å²) in [4.78, 5) is 23.8. The molecule has 1 unspecified atom stereocenters. The highest BCUT2D eigenvalue weighted by molar-refractivity contribution is 5.84. The van der Waals surface area contributed by atoms with Crippen molar-refractivity contribution in [1.82, 2.24) is 20.4 Å². The smallest absolute Gasteiger partial charge is 0.242 e. The van der Waals surface area contributed by atoms with Gasteiger partial charge in [0.05, 0.1) is 18.5 Å². The van der Waals surface area contributed by atoms with Gasteiger partial charge in [-0.3, -0.25) is 14.3 Å². The van der Waals surface area contributed by atoms with E-state index in [1.807, 2.05) is 12.1 Å². The monoisotopic (exact) mass is 373 g/mol. The summed E-state index contributed by atoms with van der Waals surface area (Å²) in [5.74, 6) is -0.335. The van der Waals surface area contributed by atoms with Crippen molar-refractivity contribution in [1.29, 1.82) is 0 Å². The van der Waals surface area contributed by atoms with E-state index in [1.165, 1.54) is 15.8 Å². The number of aliphatic hydroxyl groups excluding tert-OH is 1. The maximum absolute atomic E-state index is 12.2. The van der Waals surface area contributed by atoms with Gasteiger partial charge in [-0.15, -0.1) is 0 Å². The Morgan fingerprint density at radius 3 is 2.74 bits per heavy atom. The zero-order valence-corrected chi connectivity index (χ0v) is 15.7. The predicted molar refractivity (Wildman–Crippen MR) is 103 cm³/mol. The molecule has 0 bridgehead atoms. The molecule has 27 heavy (non-hydrogen) atoms. The third-order valence-electron chi connectivity index (χ3n) is 4.10. The van der Waals surface area contributed by atoms with Crippen molar-refractivity contribution in [3.63, 3.8) is 0 Å². The molecule has 8 heteroatoms. The van der Waals surface area contributed by atoms with Crippen LogP contribution in [0.2, 0.25) is 0 Å². The van der Waals surface area contributed by atoms with Crippen LogP contribution in [-0.4, -0.2) is 52.4 Å². The maximum Gasteiger partial charge on any atom is 0.242 e. The molecule has 0 saturated carbocycles. The largest absolute Gasteiger partial charge is 0.395 e. The molecule has 0 fully saturated rings. The van der Waals surface area contributed by atoms with Crippen LogP contribution >= 0.6 is 0 Å². The van der Waals surface area contributed by atoms with E-state index in [2.05, 4.69) is 40.1 Å². The van der Waals surface area contributed by atoms with E-state index in [0.717, 1.165) is 6.42 Å². The molecule has 1 heterocycles. The standard InChI is InChI=1S/C19H27N5O3/c1-14-5-3-4-6-16(14)7-8-21-19(27)15(2)23-17-11-22-24(12-17)13-18(26)20-9-10-25/h3-6,11-12,15,23,25H,7-10,13H2,1-2H3,(H,20,26)(H,21,27). The van der Waals surface area contributed by atoms with Gasteiger partial charge in [0.15, 0.2) is 0 Å². The van der Waals surface area contributed by atoms with Crippen molar-refractivity contribution in [2.45, 2.75) is 32.9 Å². The molecule has 2 rings (SSSR count). The van der Waals surface area contributed by atoms with Crippen LogP contribution < -0.4 is 16.0 Å². The first-order valence-electron chi connectivity index (χ1n) is 8.98. The number of aliphatic hydroxyl groups is 1. The Kier molecular flexibility index (Phi) is 7.81. The normalized spacial score (nSPS) is 11.7. The van der Waals surface area contributed by atoms with Crippen LogP contribution in [0.3, 0.4) is 0 Å². The van der Waals surface area contributed by atoms with E-state index in [4.69, 9.17) is 5.11 Å². The first-order chi connectivity index (χ1) is 13.0. The Balaban J connectivity index is 1.75. The zero-order chi connectivity index (χ0) is 19.6. The highest BCUT2D eigenvalue weighted by Gasteiger charge is 2.13. The SMILES string of the molecule is Cc1ccccc1CCNC(=O)C(C)Nc1cnn(CC(=O)NCCO)c1. The molecule has 2 amide bonds. The fourth-order valence-electron chi connectivity index (χ4n) is 2.60. The van der Waals surface area contributed by atoms with Gasteiger partial charge in [0.1, 0.15) is 12.6 Å². The molecule has 0 saturated heterocycles. The van der Waals surface area contributed by atoms with Gasteiger partial charge in [-0.2, -0.15) is 5.10 Å². The molecule has 0 radical (unpaired) electrons. The van der Waals surface area contributed by atoms with E-state index < -0.39 is 6.04 Å². The van der Waals surface area contributed by atoms with Gasteiger partial charge in [0, 0.05) is 19.3 Å². The average molecular weight is 373 g/mol. The predicted octanol–water partition coefficient (Wildman–Crippen LogP) is 0.459. The molecule has 1 aromatic heterocycles. The number of rotatable bonds is 10. The number of aryl methyl sites for hydroxylation is 1. The summed E-state index contributed by atoms with van der Waals surface area (Å²) in [5.41, 5.74) is 3.10. The Bertz CT molecular complexity index is 759. The minimum Gasteiger partial charge on any atom is -0.395 e. The zero-order valence-electron chi connectivity index (χ0n) is 15.7. The molecule has 0 aliphatic heterocycles. The highest BCUT2D eigenvalue weighted by atomic mass is 16.3. The molecule has 8 nitrogen and oxygen atoms in total. The number of hydrogen-bond donors (Lipinski definition) is 4. The Morgan fingerprint density at radius 1 is 1.22 bits per heavy atom. The second-order valence-electron chi connectivity index (χ2n) is 6.33. The molecule has 0 aliphatic rings. The fraction of sp³-hybridized carbons (Fsp3) is 0.421. The number of nitrogens with one attached hydrogen (secondary N) is 3. The summed E-state index contributed by atoms with van der Waals surface area (Å²) in [5, 5.41) is 21.3. The summed E-state index contributed by atoms with van der Waals surface area (Å²) < 4.78 is 1.47. The number of carbonyl (C=O) groups excluding carboxylic acids is 2. The van der Waals surface area contributed by atoms with Crippen molar-refractivity contribution in [3.05, 3.63) is 47.8 Å². The summed E-state index contributed by atoms with van der Waals surface area (Å²) in [7, 11) is 0. The summed E-state index contributed by atoms with van der Waals surface area (Å²) in [6.45, 7) is 4.56. The Hall–Kier alpha value is -2.87. The average Bonchev–Trinajstić information content (AvgIpc) is 3.08. The van der Waals surface area contributed by atoms with Crippen molar-refractivity contribution < 1.29 is 14.7 Å². The van der Waals surface area contributed by atoms with Gasteiger partial charge in [-0.05, 0) is 31.4 Å². The van der Waals surface area contributed by atoms with Crippen LogP contribution in [0.25, 0.3) is 0 Å². The van der Waals surface area contributed by atoms with Gasteiger partial charge < -0.3 is 21.1 Å². The van der Waals surface area contributed by atoms with Crippen molar-refractivity contribution in [2.75, 3.05) is 25.0 Å².